The van der Waals surface area contributed by atoms with Crippen molar-refractivity contribution in [3.8, 4) is 0 Å². The van der Waals surface area contributed by atoms with Crippen molar-refractivity contribution in [2.24, 2.45) is 0 Å². The van der Waals surface area contributed by atoms with Gasteiger partial charge < -0.3 is 0 Å². The lowest BCUT2D eigenvalue weighted by molar-refractivity contribution is 0.0364. The number of hydrogen-bond donors (Lipinski definition) is 1. The molecule has 1 N–H and O–H groups in total. The molecule has 1 heterocycles. The molecule has 0 fully saturated rings. The van der Waals surface area contributed by atoms with Gasteiger partial charge in [0.15, 0.2) is 5.01 Å². The molecule has 0 saturated heterocycles. The van der Waals surface area contributed by atoms with Gasteiger partial charge in [-0.15, -0.1) is 11.3 Å². The maximum absolute atomic E-state index is 11.1. The highest BCUT2D eigenvalue weighted by Gasteiger charge is 2.09. The van der Waals surface area contributed by atoms with E-state index in [0.717, 1.165) is 0 Å². The topological polar surface area (TPSA) is 51.2 Å². The maximum Gasteiger partial charge on any atom is 0.303 e. The van der Waals surface area contributed by atoms with Gasteiger partial charge in [-0.25, -0.2) is 10.5 Å². The van der Waals surface area contributed by atoms with Crippen molar-refractivity contribution < 1.29 is 9.63 Å². The first kappa shape index (κ1) is 9.44. The molecule has 1 aromatic heterocycles. The van der Waals surface area contributed by atoms with Crippen LogP contribution in [0.3, 0.4) is 0 Å². The molecular weight excluding hydrogens is 200 g/mol. The van der Waals surface area contributed by atoms with Crippen LogP contribution in [0, 0.1) is 0 Å². The zero-order valence-corrected chi connectivity index (χ0v) is 7.91. The molecule has 0 aromatic carbocycles. The van der Waals surface area contributed by atoms with Crippen LogP contribution in [0.15, 0.2) is 5.38 Å². The molecule has 12 heavy (non-hydrogen) atoms. The van der Waals surface area contributed by atoms with Gasteiger partial charge in [-0.1, -0.05) is 11.6 Å². The first-order chi connectivity index (χ1) is 5.74. The molecule has 0 aliphatic heterocycles. The van der Waals surface area contributed by atoms with Crippen molar-refractivity contribution in [2.45, 2.75) is 6.92 Å². The number of nitrogens with zero attached hydrogens (tertiary/aromatic N) is 1. The summed E-state index contributed by atoms with van der Waals surface area (Å²) >= 11 is 6.69. The summed E-state index contributed by atoms with van der Waals surface area (Å²) in [5.41, 5.74) is 2.21. The summed E-state index contributed by atoms with van der Waals surface area (Å²) in [5.74, 6) is -0.367. The van der Waals surface area contributed by atoms with Crippen molar-refractivity contribution in [1.82, 2.24) is 10.5 Å². The first-order valence-electron chi connectivity index (χ1n) is 3.27. The van der Waals surface area contributed by atoms with E-state index < -0.39 is 0 Å². The molecule has 4 nitrogen and oxygen atoms in total. The third kappa shape index (κ3) is 2.44. The van der Waals surface area contributed by atoms with Crippen LogP contribution in [0.5, 0.6) is 0 Å². The fourth-order valence-corrected chi connectivity index (χ4v) is 1.37. The highest BCUT2D eigenvalue weighted by Crippen LogP contribution is 2.13. The molecule has 1 rings (SSSR count). The SMILES string of the molecule is CCONC(=O)c1nc(Cl)cs1. The van der Waals surface area contributed by atoms with Gasteiger partial charge in [0.05, 0.1) is 6.61 Å². The van der Waals surface area contributed by atoms with Gasteiger partial charge in [0.25, 0.3) is 0 Å². The van der Waals surface area contributed by atoms with Crippen LogP contribution in [-0.2, 0) is 4.84 Å². The average molecular weight is 207 g/mol. The van der Waals surface area contributed by atoms with E-state index >= 15 is 0 Å². The summed E-state index contributed by atoms with van der Waals surface area (Å²) in [6.07, 6.45) is 0. The van der Waals surface area contributed by atoms with Gasteiger partial charge in [0, 0.05) is 5.38 Å². The van der Waals surface area contributed by atoms with Crippen LogP contribution < -0.4 is 5.48 Å². The molecule has 0 saturated carbocycles. The molecule has 0 unspecified atom stereocenters. The Labute approximate surface area is 78.5 Å². The normalized spacial score (nSPS) is 9.83. The second-order valence-corrected chi connectivity index (χ2v) is 3.08. The van der Waals surface area contributed by atoms with Gasteiger partial charge in [-0.2, -0.15) is 0 Å². The third-order valence-corrected chi connectivity index (χ3v) is 2.14. The summed E-state index contributed by atoms with van der Waals surface area (Å²) in [6.45, 7) is 2.19. The minimum absolute atomic E-state index is 0.299. The Morgan fingerprint density at radius 3 is 3.17 bits per heavy atom. The summed E-state index contributed by atoms with van der Waals surface area (Å²) in [7, 11) is 0. The number of aromatic nitrogens is 1. The van der Waals surface area contributed by atoms with Crippen molar-refractivity contribution in [2.75, 3.05) is 6.61 Å². The number of thiazole rings is 1. The van der Waals surface area contributed by atoms with Gasteiger partial charge >= 0.3 is 5.91 Å². The molecule has 0 bridgehead atoms. The second kappa shape index (κ2) is 4.39. The van der Waals surface area contributed by atoms with Gasteiger partial charge in [-0.05, 0) is 6.92 Å². The highest BCUT2D eigenvalue weighted by atomic mass is 35.5. The van der Waals surface area contributed by atoms with Gasteiger partial charge in [-0.3, -0.25) is 9.63 Å². The maximum atomic E-state index is 11.1. The Hall–Kier alpha value is -0.650. The van der Waals surface area contributed by atoms with E-state index in [1.807, 2.05) is 0 Å². The molecule has 0 aliphatic carbocycles. The number of rotatable bonds is 3. The molecule has 0 radical (unpaired) electrons. The summed E-state index contributed by atoms with van der Waals surface area (Å²) in [5, 5.41) is 2.21. The molecule has 0 spiro atoms. The lowest BCUT2D eigenvalue weighted by atomic mass is 10.7. The van der Waals surface area contributed by atoms with Crippen molar-refractivity contribution in [3.05, 3.63) is 15.5 Å². The fourth-order valence-electron chi connectivity index (χ4n) is 0.540. The Kier molecular flexibility index (Phi) is 3.46. The van der Waals surface area contributed by atoms with Crippen molar-refractivity contribution in [3.63, 3.8) is 0 Å². The van der Waals surface area contributed by atoms with E-state index in [1.165, 1.54) is 11.3 Å². The van der Waals surface area contributed by atoms with Crippen LogP contribution in [-0.4, -0.2) is 17.5 Å². The van der Waals surface area contributed by atoms with Crippen LogP contribution in [0.25, 0.3) is 0 Å². The number of hydrogen-bond acceptors (Lipinski definition) is 4. The Morgan fingerprint density at radius 1 is 1.92 bits per heavy atom. The van der Waals surface area contributed by atoms with E-state index in [1.54, 1.807) is 12.3 Å². The fraction of sp³-hybridized carbons (Fsp3) is 0.333. The largest absolute Gasteiger partial charge is 0.303 e. The lowest BCUT2D eigenvalue weighted by Crippen LogP contribution is -2.23. The molecule has 0 aliphatic rings. The van der Waals surface area contributed by atoms with E-state index in [4.69, 9.17) is 11.6 Å². The molecular formula is C6H7ClN2O2S. The monoisotopic (exact) mass is 206 g/mol. The molecule has 1 amide bonds. The van der Waals surface area contributed by atoms with E-state index in [2.05, 4.69) is 15.3 Å². The molecule has 6 heteroatoms. The summed E-state index contributed by atoms with van der Waals surface area (Å²) in [4.78, 5) is 19.5. The number of hydroxylamine groups is 1. The Morgan fingerprint density at radius 2 is 2.67 bits per heavy atom. The molecule has 0 atom stereocenters. The average Bonchev–Trinajstić information content (AvgIpc) is 2.47. The van der Waals surface area contributed by atoms with Crippen molar-refractivity contribution in [1.29, 1.82) is 0 Å². The first-order valence-corrected chi connectivity index (χ1v) is 4.53. The van der Waals surface area contributed by atoms with Crippen LogP contribution in [0.4, 0.5) is 0 Å². The van der Waals surface area contributed by atoms with Gasteiger partial charge in [0.1, 0.15) is 5.15 Å². The number of amides is 1. The lowest BCUT2D eigenvalue weighted by Gasteiger charge is -1.98. The third-order valence-electron chi connectivity index (χ3n) is 0.980. The molecule has 66 valence electrons. The number of carbonyl (C=O) groups excluding carboxylic acids is 1. The van der Waals surface area contributed by atoms with Gasteiger partial charge in [0.2, 0.25) is 0 Å². The Bertz CT molecular complexity index is 276. The minimum atomic E-state index is -0.367. The number of halogens is 1. The predicted molar refractivity (Wildman–Crippen MR) is 46.2 cm³/mol. The van der Waals surface area contributed by atoms with E-state index in [9.17, 15) is 4.79 Å². The highest BCUT2D eigenvalue weighted by molar-refractivity contribution is 7.12. The van der Waals surface area contributed by atoms with Crippen molar-refractivity contribution >= 4 is 28.8 Å². The van der Waals surface area contributed by atoms with E-state index in [0.29, 0.717) is 16.8 Å². The van der Waals surface area contributed by atoms with E-state index in [-0.39, 0.29) is 5.91 Å². The zero-order chi connectivity index (χ0) is 8.97. The minimum Gasteiger partial charge on any atom is -0.274 e. The van der Waals surface area contributed by atoms with Crippen LogP contribution >= 0.6 is 22.9 Å². The summed E-state index contributed by atoms with van der Waals surface area (Å²) < 4.78 is 0. The number of nitrogens with one attached hydrogen (secondary N) is 1. The zero-order valence-electron chi connectivity index (χ0n) is 6.33. The van der Waals surface area contributed by atoms with Crippen LogP contribution in [0.2, 0.25) is 5.15 Å². The van der Waals surface area contributed by atoms with Crippen LogP contribution in [0.1, 0.15) is 16.7 Å². The second-order valence-electron chi connectivity index (χ2n) is 1.84. The number of carbonyl (C=O) groups is 1. The molecule has 1 aromatic rings. The quantitative estimate of drug-likeness (QED) is 0.763. The Balaban J connectivity index is 2.53. The smallest absolute Gasteiger partial charge is 0.274 e. The predicted octanol–water partition coefficient (Wildman–Crippen LogP) is 1.48. The standard InChI is InChI=1S/C6H7ClN2O2S/c1-2-11-9-5(10)6-8-4(7)3-12-6/h3H,2H2,1H3,(H,9,10). The summed E-state index contributed by atoms with van der Waals surface area (Å²) in [6, 6.07) is 0.